The second-order valence-electron chi connectivity index (χ2n) is 8.22. The predicted octanol–water partition coefficient (Wildman–Crippen LogP) is 0.798. The van der Waals surface area contributed by atoms with Gasteiger partial charge in [-0.25, -0.2) is 13.2 Å². The summed E-state index contributed by atoms with van der Waals surface area (Å²) < 4.78 is 28.5. The van der Waals surface area contributed by atoms with E-state index in [2.05, 4.69) is 9.38 Å². The van der Waals surface area contributed by atoms with Gasteiger partial charge in [-0.3, -0.25) is 19.1 Å². The average molecular weight is 499 g/mol. The van der Waals surface area contributed by atoms with Gasteiger partial charge in [0.2, 0.25) is 0 Å². The van der Waals surface area contributed by atoms with Crippen molar-refractivity contribution < 1.29 is 13.2 Å². The maximum absolute atomic E-state index is 13.6. The molecule has 0 saturated heterocycles. The van der Waals surface area contributed by atoms with Crippen LogP contribution >= 0.6 is 0 Å². The van der Waals surface area contributed by atoms with Crippen LogP contribution < -0.4 is 21.9 Å². The highest BCUT2D eigenvalue weighted by molar-refractivity contribution is 7.90. The number of hydrogen-bond donors (Lipinski definition) is 2. The van der Waals surface area contributed by atoms with Gasteiger partial charge in [0, 0.05) is 19.3 Å². The van der Waals surface area contributed by atoms with Crippen molar-refractivity contribution in [1.29, 1.82) is 0 Å². The van der Waals surface area contributed by atoms with Gasteiger partial charge in [-0.1, -0.05) is 43.7 Å². The monoisotopic (exact) mass is 498 g/mol. The zero-order valence-corrected chi connectivity index (χ0v) is 20.0. The number of fused-ring (bicyclic) bond motifs is 1. The van der Waals surface area contributed by atoms with E-state index in [-0.39, 0.29) is 48.3 Å². The van der Waals surface area contributed by atoms with Crippen molar-refractivity contribution in [1.82, 2.24) is 14.5 Å². The summed E-state index contributed by atoms with van der Waals surface area (Å²) in [6, 6.07) is 9.15. The normalized spacial score (nSPS) is 16.3. The van der Waals surface area contributed by atoms with Gasteiger partial charge in [0.15, 0.2) is 5.69 Å². The van der Waals surface area contributed by atoms with Crippen LogP contribution in [0.4, 0.5) is 11.5 Å². The Morgan fingerprint density at radius 3 is 2.66 bits per heavy atom. The highest BCUT2D eigenvalue weighted by atomic mass is 32.2. The number of carbonyl (C=O) groups excluding carboxylic acids is 1. The topological polar surface area (TPSA) is 151 Å². The number of nitrogen functional groups attached to an aromatic ring is 1. The Morgan fingerprint density at radius 2 is 1.94 bits per heavy atom. The minimum absolute atomic E-state index is 0.103. The van der Waals surface area contributed by atoms with Crippen LogP contribution in [0.1, 0.15) is 25.3 Å². The fraction of sp³-hybridized carbons (Fsp3) is 0.304. The van der Waals surface area contributed by atoms with E-state index in [1.807, 2.05) is 37.3 Å². The minimum Gasteiger partial charge on any atom is -0.383 e. The van der Waals surface area contributed by atoms with E-state index < -0.39 is 27.2 Å². The highest BCUT2D eigenvalue weighted by Crippen LogP contribution is 2.23. The molecule has 3 heterocycles. The Morgan fingerprint density at radius 1 is 1.20 bits per heavy atom. The maximum Gasteiger partial charge on any atom is 0.330 e. The number of nitrogens with one attached hydrogen (secondary N) is 1. The van der Waals surface area contributed by atoms with E-state index >= 15 is 0 Å². The second-order valence-corrected chi connectivity index (χ2v) is 9.98. The highest BCUT2D eigenvalue weighted by Gasteiger charge is 2.29. The molecular weight excluding hydrogens is 472 g/mol. The molecule has 2 aromatic rings. The molecule has 0 atom stereocenters. The molecular formula is C23H26N6O5S. The zero-order valence-electron chi connectivity index (χ0n) is 19.2. The molecule has 184 valence electrons. The lowest BCUT2D eigenvalue weighted by atomic mass is 10.1. The number of amidine groups is 1. The summed E-state index contributed by atoms with van der Waals surface area (Å²) in [5.74, 6) is -0.552. The lowest BCUT2D eigenvalue weighted by Gasteiger charge is -2.29. The Hall–Kier alpha value is -3.93. The number of benzene rings is 1. The van der Waals surface area contributed by atoms with E-state index in [0.29, 0.717) is 6.42 Å². The molecule has 4 rings (SSSR count). The van der Waals surface area contributed by atoms with Crippen molar-refractivity contribution in [2.75, 3.05) is 29.5 Å². The van der Waals surface area contributed by atoms with Gasteiger partial charge in [-0.05, 0) is 24.1 Å². The number of aromatic nitrogens is 2. The molecule has 0 fully saturated rings. The molecule has 11 nitrogen and oxygen atoms in total. The molecule has 1 aromatic carbocycles. The van der Waals surface area contributed by atoms with Crippen LogP contribution in [0.3, 0.4) is 0 Å². The molecule has 0 spiro atoms. The number of anilines is 2. The molecule has 1 amide bonds. The fourth-order valence-corrected chi connectivity index (χ4v) is 4.85. The molecule has 0 unspecified atom stereocenters. The van der Waals surface area contributed by atoms with Gasteiger partial charge in [0.05, 0.1) is 17.9 Å². The molecule has 2 aliphatic heterocycles. The molecule has 0 bridgehead atoms. The number of rotatable bonds is 7. The third kappa shape index (κ3) is 5.11. The summed E-state index contributed by atoms with van der Waals surface area (Å²) >= 11 is 0. The number of sulfonamides is 1. The number of nitrogens with two attached hydrogens (primary N) is 1. The summed E-state index contributed by atoms with van der Waals surface area (Å²) in [5.41, 5.74) is 5.83. The van der Waals surface area contributed by atoms with Gasteiger partial charge in [-0.15, -0.1) is 4.40 Å². The minimum atomic E-state index is -3.53. The van der Waals surface area contributed by atoms with Crippen LogP contribution in [0, 0.1) is 0 Å². The molecule has 35 heavy (non-hydrogen) atoms. The summed E-state index contributed by atoms with van der Waals surface area (Å²) in [7, 11) is -3.53. The van der Waals surface area contributed by atoms with Crippen LogP contribution in [-0.2, 0) is 21.4 Å². The summed E-state index contributed by atoms with van der Waals surface area (Å²) in [5, 5.41) is 0. The quantitative estimate of drug-likeness (QED) is 0.573. The van der Waals surface area contributed by atoms with Crippen molar-refractivity contribution in [2.24, 2.45) is 4.40 Å². The molecule has 3 N–H and O–H groups in total. The SMILES string of the molecule is CCCCN(C(=O)C1=CN2CCS(=O)(=O)N=C2C=C1)c1c(N)n(Cc2ccccc2)c(=O)[nH]c1=O. The van der Waals surface area contributed by atoms with E-state index in [0.717, 1.165) is 12.0 Å². The Bertz CT molecular complexity index is 1450. The zero-order chi connectivity index (χ0) is 25.2. The predicted molar refractivity (Wildman–Crippen MR) is 134 cm³/mol. The summed E-state index contributed by atoms with van der Waals surface area (Å²) in [4.78, 5) is 44.2. The van der Waals surface area contributed by atoms with Gasteiger partial charge >= 0.3 is 5.69 Å². The van der Waals surface area contributed by atoms with Gasteiger partial charge in [-0.2, -0.15) is 0 Å². The van der Waals surface area contributed by atoms with Crippen molar-refractivity contribution in [3.8, 4) is 0 Å². The number of carbonyl (C=O) groups is 1. The molecule has 2 aliphatic rings. The van der Waals surface area contributed by atoms with Gasteiger partial charge < -0.3 is 15.5 Å². The van der Waals surface area contributed by atoms with E-state index in [4.69, 9.17) is 5.73 Å². The first-order valence-corrected chi connectivity index (χ1v) is 12.8. The van der Waals surface area contributed by atoms with Crippen molar-refractivity contribution >= 4 is 33.3 Å². The molecule has 0 radical (unpaired) electrons. The van der Waals surface area contributed by atoms with Crippen molar-refractivity contribution in [3.05, 3.63) is 80.7 Å². The van der Waals surface area contributed by atoms with Crippen molar-refractivity contribution in [2.45, 2.75) is 26.3 Å². The molecule has 12 heteroatoms. The lowest BCUT2D eigenvalue weighted by molar-refractivity contribution is -0.114. The Kier molecular flexibility index (Phi) is 6.74. The first kappa shape index (κ1) is 24.2. The van der Waals surface area contributed by atoms with Crippen LogP contribution in [0.15, 0.2) is 68.2 Å². The number of aromatic amines is 1. The largest absolute Gasteiger partial charge is 0.383 e. The second kappa shape index (κ2) is 9.74. The van der Waals surface area contributed by atoms with Crippen LogP contribution in [0.5, 0.6) is 0 Å². The smallest absolute Gasteiger partial charge is 0.330 e. The van der Waals surface area contributed by atoms with Crippen LogP contribution in [-0.4, -0.2) is 53.5 Å². The first-order chi connectivity index (χ1) is 16.7. The number of H-pyrrole nitrogens is 1. The van der Waals surface area contributed by atoms with Gasteiger partial charge in [0.1, 0.15) is 11.7 Å². The van der Waals surface area contributed by atoms with Crippen LogP contribution in [0.2, 0.25) is 0 Å². The standard InChI is InChI=1S/C23H26N6O5S/c1-2-3-11-28(22(31)17-9-10-18-26-35(33,34)13-12-27(18)15-17)19-20(24)29(23(32)25-21(19)30)14-16-7-5-4-6-8-16/h4-10,15H,2-3,11-14,24H2,1H3,(H,25,30,32). The maximum atomic E-state index is 13.6. The average Bonchev–Trinajstić information content (AvgIpc) is 2.83. The molecule has 0 saturated carbocycles. The van der Waals surface area contributed by atoms with E-state index in [9.17, 15) is 22.8 Å². The number of amides is 1. The number of nitrogens with zero attached hydrogens (tertiary/aromatic N) is 4. The summed E-state index contributed by atoms with van der Waals surface area (Å²) in [6.45, 7) is 2.42. The lowest BCUT2D eigenvalue weighted by Crippen LogP contribution is -2.43. The fourth-order valence-electron chi connectivity index (χ4n) is 3.88. The molecule has 1 aromatic heterocycles. The van der Waals surface area contributed by atoms with E-state index in [1.165, 1.54) is 27.8 Å². The third-order valence-corrected chi connectivity index (χ3v) is 6.88. The van der Waals surface area contributed by atoms with E-state index in [1.54, 1.807) is 4.90 Å². The molecule has 0 aliphatic carbocycles. The number of unbranched alkanes of at least 4 members (excludes halogenated alkanes) is 1. The third-order valence-electron chi connectivity index (χ3n) is 5.72. The summed E-state index contributed by atoms with van der Waals surface area (Å²) in [6.07, 6.45) is 5.77. The first-order valence-electron chi connectivity index (χ1n) is 11.2. The Labute approximate surface area is 201 Å². The van der Waals surface area contributed by atoms with Gasteiger partial charge in [0.25, 0.3) is 21.5 Å². The van der Waals surface area contributed by atoms with Crippen molar-refractivity contribution in [3.63, 3.8) is 0 Å². The van der Waals surface area contributed by atoms with Crippen LogP contribution in [0.25, 0.3) is 0 Å². The number of hydrogen-bond acceptors (Lipinski definition) is 7. The Balaban J connectivity index is 1.74.